The first-order chi connectivity index (χ1) is 11.2. The van der Waals surface area contributed by atoms with Crippen molar-refractivity contribution in [1.29, 1.82) is 0 Å². The second-order valence-corrected chi connectivity index (χ2v) is 7.21. The lowest BCUT2D eigenvalue weighted by Crippen LogP contribution is -2.21. The van der Waals surface area contributed by atoms with Gasteiger partial charge in [0, 0.05) is 24.0 Å². The molecule has 2 aromatic rings. The van der Waals surface area contributed by atoms with E-state index in [0.29, 0.717) is 12.1 Å². The Hall–Kier alpha value is -1.35. The van der Waals surface area contributed by atoms with Gasteiger partial charge in [-0.25, -0.2) is 0 Å². The number of fused-ring (bicyclic) bond motifs is 1. The van der Waals surface area contributed by atoms with E-state index in [1.54, 1.807) is 0 Å². The summed E-state index contributed by atoms with van der Waals surface area (Å²) in [6, 6.07) is 7.81. The standard InChI is InChI=1S/C20H31N3/c1-4-5-6-7-8-13-23-19-14-15(2)9-12-18(19)20(22-23)16(3)21-17-10-11-17/h9,12,14,16-17,21H,4-8,10-11,13H2,1-3H3. The monoisotopic (exact) mass is 313 g/mol. The lowest BCUT2D eigenvalue weighted by molar-refractivity contribution is 0.515. The fourth-order valence-electron chi connectivity index (χ4n) is 3.35. The highest BCUT2D eigenvalue weighted by molar-refractivity contribution is 5.83. The molecule has 1 heterocycles. The van der Waals surface area contributed by atoms with Gasteiger partial charge in [-0.2, -0.15) is 5.10 Å². The van der Waals surface area contributed by atoms with E-state index in [1.165, 1.54) is 67.1 Å². The van der Waals surface area contributed by atoms with Crippen LogP contribution in [0.5, 0.6) is 0 Å². The number of aryl methyl sites for hydroxylation is 2. The maximum atomic E-state index is 4.98. The van der Waals surface area contributed by atoms with Crippen LogP contribution in [-0.4, -0.2) is 15.8 Å². The molecule has 0 aliphatic heterocycles. The molecule has 1 aromatic heterocycles. The first-order valence-electron chi connectivity index (χ1n) is 9.42. The summed E-state index contributed by atoms with van der Waals surface area (Å²) in [6.07, 6.45) is 9.19. The molecule has 23 heavy (non-hydrogen) atoms. The number of benzene rings is 1. The van der Waals surface area contributed by atoms with Crippen molar-refractivity contribution in [2.75, 3.05) is 0 Å². The van der Waals surface area contributed by atoms with Crippen LogP contribution >= 0.6 is 0 Å². The summed E-state index contributed by atoms with van der Waals surface area (Å²) in [5.41, 5.74) is 3.85. The van der Waals surface area contributed by atoms with Crippen LogP contribution in [0.4, 0.5) is 0 Å². The molecule has 1 aliphatic rings. The van der Waals surface area contributed by atoms with E-state index in [1.807, 2.05) is 0 Å². The van der Waals surface area contributed by atoms with Crippen molar-refractivity contribution in [1.82, 2.24) is 15.1 Å². The molecule has 0 radical (unpaired) electrons. The fourth-order valence-corrected chi connectivity index (χ4v) is 3.35. The first kappa shape index (κ1) is 16.5. The van der Waals surface area contributed by atoms with Crippen LogP contribution in [0.3, 0.4) is 0 Å². The number of nitrogens with zero attached hydrogens (tertiary/aromatic N) is 2. The molecule has 1 atom stereocenters. The van der Waals surface area contributed by atoms with Crippen molar-refractivity contribution in [2.24, 2.45) is 0 Å². The van der Waals surface area contributed by atoms with Crippen LogP contribution in [0.25, 0.3) is 10.9 Å². The Morgan fingerprint density at radius 1 is 1.22 bits per heavy atom. The van der Waals surface area contributed by atoms with Crippen molar-refractivity contribution >= 4 is 10.9 Å². The molecule has 3 nitrogen and oxygen atoms in total. The van der Waals surface area contributed by atoms with E-state index in [-0.39, 0.29) is 0 Å². The zero-order valence-corrected chi connectivity index (χ0v) is 14.9. The normalized spacial score (nSPS) is 16.1. The molecule has 126 valence electrons. The summed E-state index contributed by atoms with van der Waals surface area (Å²) in [7, 11) is 0. The van der Waals surface area contributed by atoms with Gasteiger partial charge in [-0.15, -0.1) is 0 Å². The van der Waals surface area contributed by atoms with Gasteiger partial charge in [0.2, 0.25) is 0 Å². The summed E-state index contributed by atoms with van der Waals surface area (Å²) in [5.74, 6) is 0. The maximum Gasteiger partial charge on any atom is 0.0869 e. The van der Waals surface area contributed by atoms with Crippen LogP contribution in [0.2, 0.25) is 0 Å². The lowest BCUT2D eigenvalue weighted by Gasteiger charge is -2.10. The van der Waals surface area contributed by atoms with Gasteiger partial charge in [0.05, 0.1) is 11.2 Å². The third-order valence-corrected chi connectivity index (χ3v) is 4.88. The smallest absolute Gasteiger partial charge is 0.0869 e. The van der Waals surface area contributed by atoms with Gasteiger partial charge in [-0.3, -0.25) is 4.68 Å². The summed E-state index contributed by atoms with van der Waals surface area (Å²) in [5, 5.41) is 10.0. The van der Waals surface area contributed by atoms with Crippen molar-refractivity contribution in [3.8, 4) is 0 Å². The molecule has 1 fully saturated rings. The lowest BCUT2D eigenvalue weighted by atomic mass is 10.1. The fraction of sp³-hybridized carbons (Fsp3) is 0.650. The largest absolute Gasteiger partial charge is 0.306 e. The van der Waals surface area contributed by atoms with E-state index >= 15 is 0 Å². The molecule has 1 aromatic carbocycles. The van der Waals surface area contributed by atoms with Crippen LogP contribution in [0.15, 0.2) is 18.2 Å². The molecule has 1 aliphatic carbocycles. The average molecular weight is 313 g/mol. The highest BCUT2D eigenvalue weighted by Gasteiger charge is 2.25. The summed E-state index contributed by atoms with van der Waals surface area (Å²) < 4.78 is 2.24. The Kier molecular flexibility index (Phi) is 5.37. The van der Waals surface area contributed by atoms with E-state index < -0.39 is 0 Å². The summed E-state index contributed by atoms with van der Waals surface area (Å²) >= 11 is 0. The summed E-state index contributed by atoms with van der Waals surface area (Å²) in [4.78, 5) is 0. The third kappa shape index (κ3) is 4.14. The van der Waals surface area contributed by atoms with Crippen LogP contribution < -0.4 is 5.32 Å². The summed E-state index contributed by atoms with van der Waals surface area (Å²) in [6.45, 7) is 7.74. The molecule has 3 heteroatoms. The van der Waals surface area contributed by atoms with Gasteiger partial charge in [0.25, 0.3) is 0 Å². The van der Waals surface area contributed by atoms with Crippen molar-refractivity contribution < 1.29 is 0 Å². The number of hydrogen-bond acceptors (Lipinski definition) is 2. The van der Waals surface area contributed by atoms with E-state index in [2.05, 4.69) is 49.0 Å². The maximum absolute atomic E-state index is 4.98. The Labute approximate surface area is 140 Å². The van der Waals surface area contributed by atoms with Crippen molar-refractivity contribution in [2.45, 2.75) is 84.3 Å². The first-order valence-corrected chi connectivity index (χ1v) is 9.42. The molecule has 0 amide bonds. The topological polar surface area (TPSA) is 29.9 Å². The number of unbranched alkanes of at least 4 members (excludes halogenated alkanes) is 4. The highest BCUT2D eigenvalue weighted by atomic mass is 15.3. The molecule has 0 bridgehead atoms. The van der Waals surface area contributed by atoms with Crippen LogP contribution in [0.1, 0.15) is 76.1 Å². The molecule has 1 saturated carbocycles. The average Bonchev–Trinajstić information content (AvgIpc) is 3.27. The molecular formula is C20H31N3. The quantitative estimate of drug-likeness (QED) is 0.651. The second-order valence-electron chi connectivity index (χ2n) is 7.21. The van der Waals surface area contributed by atoms with E-state index in [0.717, 1.165) is 6.54 Å². The number of hydrogen-bond donors (Lipinski definition) is 1. The van der Waals surface area contributed by atoms with E-state index in [4.69, 9.17) is 5.10 Å². The van der Waals surface area contributed by atoms with Gasteiger partial charge < -0.3 is 5.32 Å². The zero-order chi connectivity index (χ0) is 16.2. The predicted molar refractivity (Wildman–Crippen MR) is 97.8 cm³/mol. The Balaban J connectivity index is 1.77. The van der Waals surface area contributed by atoms with Crippen molar-refractivity contribution in [3.05, 3.63) is 29.5 Å². The Morgan fingerprint density at radius 2 is 2.00 bits per heavy atom. The predicted octanol–water partition coefficient (Wildman–Crippen LogP) is 5.13. The Morgan fingerprint density at radius 3 is 2.74 bits per heavy atom. The number of nitrogens with one attached hydrogen (secondary N) is 1. The van der Waals surface area contributed by atoms with E-state index in [9.17, 15) is 0 Å². The van der Waals surface area contributed by atoms with Gasteiger partial charge in [-0.05, 0) is 44.7 Å². The van der Waals surface area contributed by atoms with Gasteiger partial charge in [-0.1, -0.05) is 44.7 Å². The molecule has 3 rings (SSSR count). The molecule has 1 N–H and O–H groups in total. The van der Waals surface area contributed by atoms with Crippen LogP contribution in [0, 0.1) is 6.92 Å². The molecule has 0 spiro atoms. The van der Waals surface area contributed by atoms with Gasteiger partial charge in [0.15, 0.2) is 0 Å². The number of aromatic nitrogens is 2. The number of rotatable bonds is 9. The second kappa shape index (κ2) is 7.48. The molecule has 0 saturated heterocycles. The Bertz CT molecular complexity index is 640. The van der Waals surface area contributed by atoms with Gasteiger partial charge >= 0.3 is 0 Å². The van der Waals surface area contributed by atoms with Crippen LogP contribution in [-0.2, 0) is 6.54 Å². The minimum absolute atomic E-state index is 0.342. The SMILES string of the molecule is CCCCCCCn1nc(C(C)NC2CC2)c2ccc(C)cc21. The third-order valence-electron chi connectivity index (χ3n) is 4.88. The minimum Gasteiger partial charge on any atom is -0.306 e. The van der Waals surface area contributed by atoms with Crippen molar-refractivity contribution in [3.63, 3.8) is 0 Å². The molecule has 1 unspecified atom stereocenters. The minimum atomic E-state index is 0.342. The van der Waals surface area contributed by atoms with Gasteiger partial charge in [0.1, 0.15) is 0 Å². The highest BCUT2D eigenvalue weighted by Crippen LogP contribution is 2.28. The zero-order valence-electron chi connectivity index (χ0n) is 14.9. The molecular weight excluding hydrogens is 282 g/mol.